The third-order valence-corrected chi connectivity index (χ3v) is 10.3. The molecule has 4 bridgehead atoms. The molecule has 0 radical (unpaired) electrons. The van der Waals surface area contributed by atoms with Crippen LogP contribution in [0.1, 0.15) is 72.1 Å². The monoisotopic (exact) mass is 572 g/mol. The van der Waals surface area contributed by atoms with E-state index < -0.39 is 29.2 Å². The number of fused-ring (bicyclic) bond motifs is 1. The largest absolute Gasteiger partial charge is 0.435 e. The van der Waals surface area contributed by atoms with Crippen LogP contribution in [0.4, 0.5) is 4.79 Å². The van der Waals surface area contributed by atoms with Gasteiger partial charge in [0, 0.05) is 36.6 Å². The third kappa shape index (κ3) is 6.24. The van der Waals surface area contributed by atoms with Crippen LogP contribution in [0.25, 0.3) is 0 Å². The summed E-state index contributed by atoms with van der Waals surface area (Å²) in [5, 5.41) is 12.7. The van der Waals surface area contributed by atoms with Crippen LogP contribution in [0.15, 0.2) is 0 Å². The first-order chi connectivity index (χ1) is 19.6. The molecule has 5 saturated carbocycles. The van der Waals surface area contributed by atoms with E-state index in [4.69, 9.17) is 18.9 Å². The molecule has 0 aromatic heterocycles. The maximum atomic E-state index is 14.3. The van der Waals surface area contributed by atoms with E-state index in [1.54, 1.807) is 4.90 Å². The van der Waals surface area contributed by atoms with Gasteiger partial charge in [0.25, 0.3) is 5.91 Å². The molecule has 0 aromatic rings. The van der Waals surface area contributed by atoms with Gasteiger partial charge in [-0.1, -0.05) is 0 Å². The summed E-state index contributed by atoms with van der Waals surface area (Å²) in [5.74, 6) is 1.13. The number of piperidine rings is 1. The molecule has 1 N–H and O–H groups in total. The maximum absolute atomic E-state index is 14.3. The predicted octanol–water partition coefficient (Wildman–Crippen LogP) is 3.10. The van der Waals surface area contributed by atoms with Gasteiger partial charge >= 0.3 is 6.09 Å². The molecule has 10 nitrogen and oxygen atoms in total. The van der Waals surface area contributed by atoms with E-state index in [2.05, 4.69) is 16.3 Å². The van der Waals surface area contributed by atoms with Gasteiger partial charge in [0.05, 0.1) is 44.7 Å². The van der Waals surface area contributed by atoms with Crippen LogP contribution in [0.5, 0.6) is 0 Å². The van der Waals surface area contributed by atoms with E-state index in [1.807, 2.05) is 20.8 Å². The van der Waals surface area contributed by atoms with Crippen molar-refractivity contribution in [2.24, 2.45) is 23.2 Å². The van der Waals surface area contributed by atoms with Crippen LogP contribution < -0.4 is 5.32 Å². The average molecular weight is 573 g/mol. The molecule has 7 aliphatic rings. The second-order valence-electron chi connectivity index (χ2n) is 14.8. The van der Waals surface area contributed by atoms with Crippen molar-refractivity contribution < 1.29 is 28.5 Å². The lowest BCUT2D eigenvalue weighted by Gasteiger charge is -2.63. The molecule has 0 spiro atoms. The SMILES string of the molecule is CC(C)(C)NC(=O)OC(C(=O)N1[C@H](C#N)C[C@@H]2C[C@@H]21)C12CC3CC(CC(OCCOCCN4CCOCC4)(C3)C1)C2. The molecule has 0 aromatic carbocycles. The quantitative estimate of drug-likeness (QED) is 0.398. The average Bonchev–Trinajstić information content (AvgIpc) is 3.57. The van der Waals surface area contributed by atoms with Gasteiger partial charge < -0.3 is 29.2 Å². The number of hydrogen-bond donors (Lipinski definition) is 1. The summed E-state index contributed by atoms with van der Waals surface area (Å²) in [6.07, 6.45) is 5.77. The van der Waals surface area contributed by atoms with Crippen molar-refractivity contribution in [2.45, 2.75) is 101 Å². The zero-order valence-electron chi connectivity index (χ0n) is 25.1. The van der Waals surface area contributed by atoms with Crippen molar-refractivity contribution in [3.05, 3.63) is 0 Å². The van der Waals surface area contributed by atoms with E-state index >= 15 is 0 Å². The zero-order chi connectivity index (χ0) is 28.8. The van der Waals surface area contributed by atoms with Crippen LogP contribution in [0, 0.1) is 34.5 Å². The van der Waals surface area contributed by atoms with Crippen molar-refractivity contribution in [3.8, 4) is 6.07 Å². The number of ether oxygens (including phenoxy) is 4. The van der Waals surface area contributed by atoms with Gasteiger partial charge in [0.1, 0.15) is 6.04 Å². The lowest BCUT2D eigenvalue weighted by Crippen LogP contribution is -2.64. The van der Waals surface area contributed by atoms with E-state index in [0.29, 0.717) is 44.0 Å². The number of hydrogen-bond acceptors (Lipinski definition) is 8. The number of nitrogens with one attached hydrogen (secondary N) is 1. The highest BCUT2D eigenvalue weighted by atomic mass is 16.6. The highest BCUT2D eigenvalue weighted by Gasteiger charge is 2.65. The molecule has 10 heteroatoms. The fourth-order valence-corrected chi connectivity index (χ4v) is 9.07. The van der Waals surface area contributed by atoms with Crippen LogP contribution in [-0.4, -0.2) is 104 Å². The summed E-state index contributed by atoms with van der Waals surface area (Å²) in [7, 11) is 0. The molecule has 2 saturated heterocycles. The Morgan fingerprint density at radius 1 is 1.05 bits per heavy atom. The van der Waals surface area contributed by atoms with Crippen molar-refractivity contribution in [3.63, 3.8) is 0 Å². The molecule has 2 heterocycles. The maximum Gasteiger partial charge on any atom is 0.408 e. The minimum absolute atomic E-state index is 0.109. The summed E-state index contributed by atoms with van der Waals surface area (Å²) in [6.45, 7) is 11.9. The standard InChI is InChI=1S/C31H48N4O6/c1-29(2,3)33-28(37)41-26(27(36)35-24(19-32)13-23-14-25(23)35)30-15-21-12-22(16-30)18-31(17-21,20-30)40-11-10-39-9-6-34-4-7-38-8-5-34/h21-26H,4-18,20H2,1-3H3,(H,33,37)/t21?,22?,23-,24+,25+,26?,30?,31?/m1/s1. The molecule has 5 aliphatic carbocycles. The number of morpholine rings is 1. The number of alkyl carbamates (subject to hydrolysis) is 1. The summed E-state index contributed by atoms with van der Waals surface area (Å²) in [6, 6.07) is 2.03. The molecular weight excluding hydrogens is 524 g/mol. The Balaban J connectivity index is 1.14. The van der Waals surface area contributed by atoms with E-state index in [9.17, 15) is 14.9 Å². The lowest BCUT2D eigenvalue weighted by atomic mass is 9.46. The first-order valence-electron chi connectivity index (χ1n) is 15.8. The van der Waals surface area contributed by atoms with Gasteiger partial charge in [-0.15, -0.1) is 0 Å². The highest BCUT2D eigenvalue weighted by Crippen LogP contribution is 2.65. The Bertz CT molecular complexity index is 1020. The Morgan fingerprint density at radius 2 is 1.78 bits per heavy atom. The number of likely N-dealkylation sites (tertiary alicyclic amines) is 1. The summed E-state index contributed by atoms with van der Waals surface area (Å²) < 4.78 is 24.2. The first-order valence-corrected chi connectivity index (χ1v) is 15.8. The second-order valence-corrected chi connectivity index (χ2v) is 14.8. The minimum Gasteiger partial charge on any atom is -0.435 e. The number of carbonyl (C=O) groups excluding carboxylic acids is 2. The number of nitriles is 1. The Hall–Kier alpha value is -1.93. The van der Waals surface area contributed by atoms with E-state index in [0.717, 1.165) is 77.8 Å². The Morgan fingerprint density at radius 3 is 2.46 bits per heavy atom. The van der Waals surface area contributed by atoms with Crippen molar-refractivity contribution in [1.82, 2.24) is 15.1 Å². The van der Waals surface area contributed by atoms with E-state index in [-0.39, 0.29) is 17.6 Å². The molecule has 2 aliphatic heterocycles. The van der Waals surface area contributed by atoms with Gasteiger partial charge in [-0.3, -0.25) is 9.69 Å². The van der Waals surface area contributed by atoms with Crippen molar-refractivity contribution in [2.75, 3.05) is 52.7 Å². The fraction of sp³-hybridized carbons (Fsp3) is 0.903. The Kier molecular flexibility index (Phi) is 8.03. The smallest absolute Gasteiger partial charge is 0.408 e. The van der Waals surface area contributed by atoms with Crippen LogP contribution in [0.3, 0.4) is 0 Å². The molecule has 228 valence electrons. The number of amides is 2. The normalized spacial score (nSPS) is 38.3. The molecule has 3 unspecified atom stereocenters. The lowest BCUT2D eigenvalue weighted by molar-refractivity contribution is -0.222. The van der Waals surface area contributed by atoms with Gasteiger partial charge in [0.15, 0.2) is 6.10 Å². The van der Waals surface area contributed by atoms with Crippen LogP contribution in [0.2, 0.25) is 0 Å². The van der Waals surface area contributed by atoms with Gasteiger partial charge in [-0.2, -0.15) is 5.26 Å². The zero-order valence-corrected chi connectivity index (χ0v) is 25.1. The van der Waals surface area contributed by atoms with E-state index in [1.165, 1.54) is 0 Å². The molecular formula is C31H48N4O6. The molecule has 6 atom stereocenters. The van der Waals surface area contributed by atoms with Crippen LogP contribution >= 0.6 is 0 Å². The Labute approximate surface area is 244 Å². The van der Waals surface area contributed by atoms with Crippen molar-refractivity contribution in [1.29, 1.82) is 5.26 Å². The topological polar surface area (TPSA) is 113 Å². The number of carbonyl (C=O) groups is 2. The molecule has 41 heavy (non-hydrogen) atoms. The molecule has 7 rings (SSSR count). The second kappa shape index (κ2) is 11.3. The summed E-state index contributed by atoms with van der Waals surface area (Å²) in [4.78, 5) is 31.6. The molecule has 7 fully saturated rings. The summed E-state index contributed by atoms with van der Waals surface area (Å²) >= 11 is 0. The van der Waals surface area contributed by atoms with Gasteiger partial charge in [-0.25, -0.2) is 4.79 Å². The third-order valence-electron chi connectivity index (χ3n) is 10.3. The van der Waals surface area contributed by atoms with Crippen molar-refractivity contribution >= 4 is 12.0 Å². The summed E-state index contributed by atoms with van der Waals surface area (Å²) in [5.41, 5.74) is -1.27. The number of rotatable bonds is 10. The highest BCUT2D eigenvalue weighted by molar-refractivity contribution is 5.86. The minimum atomic E-state index is -0.904. The predicted molar refractivity (Wildman–Crippen MR) is 150 cm³/mol. The van der Waals surface area contributed by atoms with Gasteiger partial charge in [0.2, 0.25) is 0 Å². The molecule has 2 amide bonds. The first kappa shape index (κ1) is 29.2. The van der Waals surface area contributed by atoms with Crippen LogP contribution in [-0.2, 0) is 23.7 Å². The fourth-order valence-electron chi connectivity index (χ4n) is 9.07. The van der Waals surface area contributed by atoms with Gasteiger partial charge in [-0.05, 0) is 89.9 Å². The number of nitrogens with zero attached hydrogens (tertiary/aromatic N) is 3.